The lowest BCUT2D eigenvalue weighted by Gasteiger charge is -2.20. The molecule has 0 heterocycles. The number of aliphatic hydroxyl groups is 2. The van der Waals surface area contributed by atoms with Crippen LogP contribution in [0.25, 0.3) is 0 Å². The van der Waals surface area contributed by atoms with Crippen molar-refractivity contribution in [2.45, 2.75) is 12.0 Å². The van der Waals surface area contributed by atoms with Gasteiger partial charge in [-0.2, -0.15) is 0 Å². The molecule has 14 heavy (non-hydrogen) atoms. The first-order chi connectivity index (χ1) is 6.47. The summed E-state index contributed by atoms with van der Waals surface area (Å²) in [5.74, 6) is -4.37. The van der Waals surface area contributed by atoms with E-state index >= 15 is 0 Å². The minimum absolute atomic E-state index is 0.260. The third kappa shape index (κ3) is 2.24. The second kappa shape index (κ2) is 3.98. The first-order valence-electron chi connectivity index (χ1n) is 3.89. The van der Waals surface area contributed by atoms with Crippen molar-refractivity contribution in [3.05, 3.63) is 35.6 Å². The zero-order chi connectivity index (χ0) is 10.8. The molecule has 1 aromatic carbocycles. The second-order valence-corrected chi connectivity index (χ2v) is 2.88. The van der Waals surface area contributed by atoms with Crippen molar-refractivity contribution >= 4 is 0 Å². The van der Waals surface area contributed by atoms with E-state index in [0.29, 0.717) is 0 Å². The van der Waals surface area contributed by atoms with Gasteiger partial charge in [-0.3, -0.25) is 0 Å². The van der Waals surface area contributed by atoms with Crippen LogP contribution in [0.1, 0.15) is 11.7 Å². The highest BCUT2D eigenvalue weighted by Crippen LogP contribution is 2.30. The van der Waals surface area contributed by atoms with Crippen LogP contribution < -0.4 is 0 Å². The van der Waals surface area contributed by atoms with Crippen LogP contribution in [0.5, 0.6) is 0 Å². The molecule has 0 fully saturated rings. The molecule has 0 aromatic heterocycles. The highest BCUT2D eigenvalue weighted by molar-refractivity contribution is 5.20. The van der Waals surface area contributed by atoms with Crippen molar-refractivity contribution in [1.29, 1.82) is 0 Å². The van der Waals surface area contributed by atoms with Gasteiger partial charge in [-0.25, -0.2) is 13.2 Å². The molecule has 0 spiro atoms. The lowest BCUT2D eigenvalue weighted by atomic mass is 10.0. The van der Waals surface area contributed by atoms with Gasteiger partial charge in [-0.15, -0.1) is 0 Å². The van der Waals surface area contributed by atoms with Gasteiger partial charge in [-0.05, 0) is 17.7 Å². The molecule has 1 rings (SSSR count). The van der Waals surface area contributed by atoms with Gasteiger partial charge in [0.25, 0.3) is 5.92 Å². The Bertz CT molecular complexity index is 315. The molecular formula is C9H9F3O2. The Morgan fingerprint density at radius 2 is 2.00 bits per heavy atom. The largest absolute Gasteiger partial charge is 0.390 e. The third-order valence-corrected chi connectivity index (χ3v) is 1.78. The monoisotopic (exact) mass is 206 g/mol. The molecule has 0 bridgehead atoms. The molecule has 5 heteroatoms. The summed E-state index contributed by atoms with van der Waals surface area (Å²) in [5, 5.41) is 17.4. The molecule has 1 atom stereocenters. The normalized spacial score (nSPS) is 14.1. The minimum Gasteiger partial charge on any atom is -0.390 e. The molecule has 2 N–H and O–H groups in total. The Hall–Kier alpha value is -1.07. The van der Waals surface area contributed by atoms with Crippen molar-refractivity contribution in [2.24, 2.45) is 0 Å². The number of hydrogen-bond acceptors (Lipinski definition) is 2. The lowest BCUT2D eigenvalue weighted by Crippen LogP contribution is -2.30. The Labute approximate surface area is 78.6 Å². The van der Waals surface area contributed by atoms with Crippen LogP contribution in [0, 0.1) is 5.82 Å². The van der Waals surface area contributed by atoms with Crippen molar-refractivity contribution < 1.29 is 23.4 Å². The van der Waals surface area contributed by atoms with Gasteiger partial charge in [0.05, 0.1) is 0 Å². The van der Waals surface area contributed by atoms with Gasteiger partial charge in [-0.1, -0.05) is 12.1 Å². The molecule has 78 valence electrons. The van der Waals surface area contributed by atoms with Crippen LogP contribution in [0.2, 0.25) is 0 Å². The van der Waals surface area contributed by atoms with Gasteiger partial charge < -0.3 is 10.2 Å². The van der Waals surface area contributed by atoms with E-state index in [2.05, 4.69) is 0 Å². The minimum atomic E-state index is -3.66. The van der Waals surface area contributed by atoms with Crippen LogP contribution in [0.3, 0.4) is 0 Å². The molecular weight excluding hydrogens is 197 g/mol. The fraction of sp³-hybridized carbons (Fsp3) is 0.333. The topological polar surface area (TPSA) is 40.5 Å². The van der Waals surface area contributed by atoms with Gasteiger partial charge in [0.15, 0.2) is 0 Å². The average molecular weight is 206 g/mol. The number of hydrogen-bond donors (Lipinski definition) is 2. The Kier molecular flexibility index (Phi) is 3.13. The van der Waals surface area contributed by atoms with Gasteiger partial charge in [0.2, 0.25) is 0 Å². The molecule has 0 amide bonds. The Morgan fingerprint density at radius 3 is 2.50 bits per heavy atom. The molecule has 0 aliphatic carbocycles. The van der Waals surface area contributed by atoms with Crippen molar-refractivity contribution in [1.82, 2.24) is 0 Å². The maximum atomic E-state index is 12.7. The standard InChI is InChI=1S/C9H9F3O2/c10-7-3-1-2-6(4-7)8(14)9(11,12)5-13/h1-4,8,13-14H,5H2/t8-/m1/s1. The van der Waals surface area contributed by atoms with Crippen LogP contribution in [0.4, 0.5) is 13.2 Å². The predicted molar refractivity (Wildman–Crippen MR) is 43.4 cm³/mol. The van der Waals surface area contributed by atoms with E-state index in [9.17, 15) is 13.2 Å². The van der Waals surface area contributed by atoms with E-state index in [4.69, 9.17) is 10.2 Å². The summed E-state index contributed by atoms with van der Waals surface area (Å²) in [6.07, 6.45) is -2.19. The maximum Gasteiger partial charge on any atom is 0.300 e. The molecule has 0 radical (unpaired) electrons. The number of alkyl halides is 2. The zero-order valence-electron chi connectivity index (χ0n) is 7.12. The number of aliphatic hydroxyl groups excluding tert-OH is 2. The average Bonchev–Trinajstić information content (AvgIpc) is 2.16. The SMILES string of the molecule is OCC(F)(F)[C@H](O)c1cccc(F)c1. The highest BCUT2D eigenvalue weighted by Gasteiger charge is 2.38. The quantitative estimate of drug-likeness (QED) is 0.786. The zero-order valence-corrected chi connectivity index (χ0v) is 7.12. The maximum absolute atomic E-state index is 12.7. The van der Waals surface area contributed by atoms with E-state index in [1.165, 1.54) is 6.07 Å². The summed E-state index contributed by atoms with van der Waals surface area (Å²) in [5.41, 5.74) is -0.260. The summed E-state index contributed by atoms with van der Waals surface area (Å²) in [6.45, 7) is -1.48. The fourth-order valence-corrected chi connectivity index (χ4v) is 1.01. The van der Waals surface area contributed by atoms with Crippen LogP contribution in [-0.4, -0.2) is 22.7 Å². The third-order valence-electron chi connectivity index (χ3n) is 1.78. The van der Waals surface area contributed by atoms with Crippen LogP contribution >= 0.6 is 0 Å². The van der Waals surface area contributed by atoms with Crippen molar-refractivity contribution in [3.8, 4) is 0 Å². The summed E-state index contributed by atoms with van der Waals surface area (Å²) in [7, 11) is 0. The fourth-order valence-electron chi connectivity index (χ4n) is 1.01. The van der Waals surface area contributed by atoms with E-state index < -0.39 is 24.5 Å². The first-order valence-corrected chi connectivity index (χ1v) is 3.89. The summed E-state index contributed by atoms with van der Waals surface area (Å²) >= 11 is 0. The Balaban J connectivity index is 2.94. The number of benzene rings is 1. The van der Waals surface area contributed by atoms with E-state index in [0.717, 1.165) is 18.2 Å². The molecule has 1 aromatic rings. The second-order valence-electron chi connectivity index (χ2n) is 2.88. The summed E-state index contributed by atoms with van der Waals surface area (Å²) in [4.78, 5) is 0. The predicted octanol–water partition coefficient (Wildman–Crippen LogP) is 1.49. The molecule has 2 nitrogen and oxygen atoms in total. The molecule has 0 unspecified atom stereocenters. The Morgan fingerprint density at radius 1 is 1.36 bits per heavy atom. The lowest BCUT2D eigenvalue weighted by molar-refractivity contribution is -0.138. The number of halogens is 3. The highest BCUT2D eigenvalue weighted by atomic mass is 19.3. The molecule has 0 aliphatic heterocycles. The van der Waals surface area contributed by atoms with Gasteiger partial charge in [0, 0.05) is 0 Å². The van der Waals surface area contributed by atoms with E-state index in [-0.39, 0.29) is 5.56 Å². The van der Waals surface area contributed by atoms with Gasteiger partial charge >= 0.3 is 0 Å². The molecule has 0 saturated heterocycles. The smallest absolute Gasteiger partial charge is 0.300 e. The molecule has 0 aliphatic rings. The van der Waals surface area contributed by atoms with Crippen LogP contribution in [-0.2, 0) is 0 Å². The molecule has 0 saturated carbocycles. The van der Waals surface area contributed by atoms with Gasteiger partial charge in [0.1, 0.15) is 18.5 Å². The van der Waals surface area contributed by atoms with E-state index in [1.54, 1.807) is 0 Å². The first kappa shape index (κ1) is 11.0. The summed E-state index contributed by atoms with van der Waals surface area (Å²) < 4.78 is 38.1. The number of rotatable bonds is 3. The van der Waals surface area contributed by atoms with E-state index in [1.807, 2.05) is 0 Å². The summed E-state index contributed by atoms with van der Waals surface area (Å²) in [6, 6.07) is 4.25. The van der Waals surface area contributed by atoms with Crippen molar-refractivity contribution in [2.75, 3.05) is 6.61 Å². The van der Waals surface area contributed by atoms with Crippen LogP contribution in [0.15, 0.2) is 24.3 Å². The van der Waals surface area contributed by atoms with Crippen molar-refractivity contribution in [3.63, 3.8) is 0 Å².